The monoisotopic (exact) mass is 314 g/mol. The fourth-order valence-electron chi connectivity index (χ4n) is 2.35. The molecular formula is C16H13ClN3O2+. The normalized spacial score (nSPS) is 10.6. The molecule has 2 aromatic carbocycles. The first-order chi connectivity index (χ1) is 10.5. The topological polar surface area (TPSA) is 69.3 Å². The quantitative estimate of drug-likeness (QED) is 0.580. The number of nitro benzene ring substituents is 1. The summed E-state index contributed by atoms with van der Waals surface area (Å²) < 4.78 is 0. The fraction of sp³-hybridized carbons (Fsp3) is 0.0625. The van der Waals surface area contributed by atoms with Crippen LogP contribution in [0.3, 0.4) is 0 Å². The molecule has 1 aromatic heterocycles. The Balaban J connectivity index is 2.08. The van der Waals surface area contributed by atoms with Crippen LogP contribution in [0, 0.1) is 17.0 Å². The Kier molecular flexibility index (Phi) is 3.65. The highest BCUT2D eigenvalue weighted by atomic mass is 35.5. The Labute approximate surface area is 131 Å². The molecule has 0 bridgehead atoms. The van der Waals surface area contributed by atoms with Gasteiger partial charge in [0.25, 0.3) is 5.69 Å². The third-order valence-corrected chi connectivity index (χ3v) is 3.54. The molecule has 3 rings (SSSR count). The number of aromatic amines is 1. The molecule has 0 saturated carbocycles. The summed E-state index contributed by atoms with van der Waals surface area (Å²) in [7, 11) is 0. The molecule has 0 aliphatic heterocycles. The summed E-state index contributed by atoms with van der Waals surface area (Å²) in [5.74, 6) is 0. The number of hydrogen-bond acceptors (Lipinski definition) is 3. The van der Waals surface area contributed by atoms with Crippen molar-refractivity contribution in [1.82, 2.24) is 0 Å². The van der Waals surface area contributed by atoms with Crippen molar-refractivity contribution in [2.45, 2.75) is 6.92 Å². The van der Waals surface area contributed by atoms with Crippen LogP contribution >= 0.6 is 11.6 Å². The maximum atomic E-state index is 10.9. The van der Waals surface area contributed by atoms with Gasteiger partial charge in [0.05, 0.1) is 16.0 Å². The lowest BCUT2D eigenvalue weighted by molar-refractivity contribution is -0.384. The fourth-order valence-corrected chi connectivity index (χ4v) is 2.52. The molecule has 0 unspecified atom stereocenters. The van der Waals surface area contributed by atoms with Gasteiger partial charge in [-0.3, -0.25) is 10.1 Å². The number of nitrogens with zero attached hydrogens (tertiary/aromatic N) is 1. The van der Waals surface area contributed by atoms with E-state index in [9.17, 15) is 10.1 Å². The highest BCUT2D eigenvalue weighted by molar-refractivity contribution is 6.31. The van der Waals surface area contributed by atoms with Gasteiger partial charge in [0.1, 0.15) is 0 Å². The van der Waals surface area contributed by atoms with Crippen molar-refractivity contribution in [3.05, 3.63) is 69.4 Å². The SMILES string of the molecule is Cc1cc(Nc2cccc([N+](=O)[O-])c2)c2cc(Cl)ccc2[nH+]1. The zero-order valence-corrected chi connectivity index (χ0v) is 12.5. The number of halogens is 1. The number of nitrogens with one attached hydrogen (secondary N) is 2. The van der Waals surface area contributed by atoms with Gasteiger partial charge in [-0.05, 0) is 18.2 Å². The van der Waals surface area contributed by atoms with Gasteiger partial charge in [0, 0.05) is 41.9 Å². The smallest absolute Gasteiger partial charge is 0.271 e. The number of benzene rings is 2. The summed E-state index contributed by atoms with van der Waals surface area (Å²) in [5, 5.41) is 15.7. The summed E-state index contributed by atoms with van der Waals surface area (Å²) in [4.78, 5) is 13.7. The van der Waals surface area contributed by atoms with E-state index in [2.05, 4.69) is 10.3 Å². The van der Waals surface area contributed by atoms with Crippen LogP contribution in [0.2, 0.25) is 5.02 Å². The van der Waals surface area contributed by atoms with Gasteiger partial charge in [0.2, 0.25) is 5.52 Å². The second kappa shape index (κ2) is 5.61. The van der Waals surface area contributed by atoms with E-state index in [1.54, 1.807) is 12.1 Å². The Morgan fingerprint density at radius 1 is 1.18 bits per heavy atom. The predicted octanol–water partition coefficient (Wildman–Crippen LogP) is 4.27. The molecule has 3 aromatic rings. The number of rotatable bonds is 3. The van der Waals surface area contributed by atoms with Crippen molar-refractivity contribution in [1.29, 1.82) is 0 Å². The lowest BCUT2D eigenvalue weighted by Crippen LogP contribution is -2.09. The zero-order chi connectivity index (χ0) is 15.7. The van der Waals surface area contributed by atoms with Crippen molar-refractivity contribution < 1.29 is 9.91 Å². The van der Waals surface area contributed by atoms with E-state index in [1.165, 1.54) is 12.1 Å². The van der Waals surface area contributed by atoms with Crippen LogP contribution < -0.4 is 10.3 Å². The molecule has 0 fully saturated rings. The van der Waals surface area contributed by atoms with Gasteiger partial charge in [-0.2, -0.15) is 0 Å². The first-order valence-corrected chi connectivity index (χ1v) is 7.04. The number of anilines is 2. The van der Waals surface area contributed by atoms with E-state index in [-0.39, 0.29) is 5.69 Å². The Morgan fingerprint density at radius 3 is 2.77 bits per heavy atom. The van der Waals surface area contributed by atoms with Gasteiger partial charge in [0.15, 0.2) is 5.69 Å². The maximum Gasteiger partial charge on any atom is 0.271 e. The lowest BCUT2D eigenvalue weighted by atomic mass is 10.1. The summed E-state index contributed by atoms with van der Waals surface area (Å²) in [5.41, 5.74) is 3.46. The number of pyridine rings is 1. The van der Waals surface area contributed by atoms with Crippen molar-refractivity contribution in [3.63, 3.8) is 0 Å². The molecule has 2 N–H and O–H groups in total. The van der Waals surface area contributed by atoms with Crippen LogP contribution in [0.4, 0.5) is 17.1 Å². The molecule has 0 atom stereocenters. The highest BCUT2D eigenvalue weighted by Gasteiger charge is 2.11. The van der Waals surface area contributed by atoms with E-state index in [0.29, 0.717) is 10.7 Å². The molecule has 0 aliphatic rings. The van der Waals surface area contributed by atoms with E-state index in [1.807, 2.05) is 31.2 Å². The second-order valence-electron chi connectivity index (χ2n) is 4.99. The molecular weight excluding hydrogens is 302 g/mol. The van der Waals surface area contributed by atoms with E-state index < -0.39 is 4.92 Å². The van der Waals surface area contributed by atoms with Crippen LogP contribution in [0.15, 0.2) is 48.5 Å². The van der Waals surface area contributed by atoms with Gasteiger partial charge in [-0.1, -0.05) is 17.7 Å². The third kappa shape index (κ3) is 2.84. The average molecular weight is 315 g/mol. The molecule has 0 saturated heterocycles. The number of non-ortho nitro benzene ring substituents is 1. The summed E-state index contributed by atoms with van der Waals surface area (Å²) in [6.45, 7) is 1.95. The number of nitro groups is 1. The van der Waals surface area contributed by atoms with Crippen molar-refractivity contribution in [3.8, 4) is 0 Å². The number of fused-ring (bicyclic) bond motifs is 1. The number of H-pyrrole nitrogens is 1. The minimum absolute atomic E-state index is 0.0477. The molecule has 1 heterocycles. The van der Waals surface area contributed by atoms with Gasteiger partial charge >= 0.3 is 0 Å². The van der Waals surface area contributed by atoms with Gasteiger partial charge in [-0.25, -0.2) is 4.98 Å². The first-order valence-electron chi connectivity index (χ1n) is 6.66. The molecule has 22 heavy (non-hydrogen) atoms. The van der Waals surface area contributed by atoms with Gasteiger partial charge in [-0.15, -0.1) is 0 Å². The van der Waals surface area contributed by atoms with E-state index in [0.717, 1.165) is 22.3 Å². The summed E-state index contributed by atoms with van der Waals surface area (Å²) >= 11 is 6.07. The van der Waals surface area contributed by atoms with Crippen LogP contribution in [-0.4, -0.2) is 4.92 Å². The molecule has 5 nitrogen and oxygen atoms in total. The van der Waals surface area contributed by atoms with Crippen LogP contribution in [0.1, 0.15) is 5.69 Å². The number of hydrogen-bond donors (Lipinski definition) is 1. The molecule has 6 heteroatoms. The second-order valence-corrected chi connectivity index (χ2v) is 5.42. The van der Waals surface area contributed by atoms with E-state index in [4.69, 9.17) is 11.6 Å². The molecule has 0 aliphatic carbocycles. The Morgan fingerprint density at radius 2 is 2.00 bits per heavy atom. The van der Waals surface area contributed by atoms with Crippen LogP contribution in [0.25, 0.3) is 10.9 Å². The maximum absolute atomic E-state index is 10.9. The minimum Gasteiger partial charge on any atom is -0.354 e. The minimum atomic E-state index is -0.413. The van der Waals surface area contributed by atoms with Crippen molar-refractivity contribution >= 4 is 39.6 Å². The first kappa shape index (κ1) is 14.3. The predicted molar refractivity (Wildman–Crippen MR) is 86.6 cm³/mol. The van der Waals surface area contributed by atoms with Crippen molar-refractivity contribution in [2.75, 3.05) is 5.32 Å². The van der Waals surface area contributed by atoms with Crippen molar-refractivity contribution in [2.24, 2.45) is 0 Å². The highest BCUT2D eigenvalue weighted by Crippen LogP contribution is 2.28. The molecule has 0 radical (unpaired) electrons. The standard InChI is InChI=1S/C16H12ClN3O2/c1-10-7-16(14-8-11(17)5-6-15(14)18-10)19-12-3-2-4-13(9-12)20(21)22/h2-9H,1H3,(H,18,19)/p+1. The number of aryl methyl sites for hydroxylation is 1. The van der Waals surface area contributed by atoms with Crippen LogP contribution in [-0.2, 0) is 0 Å². The number of aromatic nitrogens is 1. The van der Waals surface area contributed by atoms with Crippen LogP contribution in [0.5, 0.6) is 0 Å². The zero-order valence-electron chi connectivity index (χ0n) is 11.8. The summed E-state index contributed by atoms with van der Waals surface area (Å²) in [6, 6.07) is 13.9. The largest absolute Gasteiger partial charge is 0.354 e. The third-order valence-electron chi connectivity index (χ3n) is 3.30. The molecule has 110 valence electrons. The lowest BCUT2D eigenvalue weighted by Gasteiger charge is -2.08. The Hall–Kier alpha value is -2.66. The van der Waals surface area contributed by atoms with E-state index >= 15 is 0 Å². The van der Waals surface area contributed by atoms with Gasteiger partial charge < -0.3 is 5.32 Å². The summed E-state index contributed by atoms with van der Waals surface area (Å²) in [6.07, 6.45) is 0. The molecule has 0 amide bonds. The molecule has 0 spiro atoms. The average Bonchev–Trinajstić information content (AvgIpc) is 2.48. The Bertz CT molecular complexity index is 880.